The second-order valence-corrected chi connectivity index (χ2v) is 9.00. The molecule has 1 atom stereocenters. The van der Waals surface area contributed by atoms with Gasteiger partial charge in [-0.15, -0.1) is 0 Å². The number of allylic oxidation sites excluding steroid dienone is 4. The lowest BCUT2D eigenvalue weighted by Gasteiger charge is -2.30. The van der Waals surface area contributed by atoms with Gasteiger partial charge in [0.1, 0.15) is 12.3 Å². The van der Waals surface area contributed by atoms with Crippen LogP contribution in [0.5, 0.6) is 5.75 Å². The zero-order valence-corrected chi connectivity index (χ0v) is 20.1. The van der Waals surface area contributed by atoms with Crippen molar-refractivity contribution < 1.29 is 24.2 Å². The number of aryl methyl sites for hydroxylation is 1. The molecule has 0 spiro atoms. The Balaban J connectivity index is 1.58. The van der Waals surface area contributed by atoms with E-state index >= 15 is 0 Å². The molecule has 0 unspecified atom stereocenters. The first-order valence-electron chi connectivity index (χ1n) is 11.6. The summed E-state index contributed by atoms with van der Waals surface area (Å²) in [6.45, 7) is 5.62. The van der Waals surface area contributed by atoms with Crippen LogP contribution in [0, 0.1) is 6.92 Å². The summed E-state index contributed by atoms with van der Waals surface area (Å²) < 4.78 is 5.55. The molecule has 0 saturated heterocycles. The molecule has 182 valence electrons. The molecule has 8 heteroatoms. The Morgan fingerprint density at radius 3 is 2.77 bits per heavy atom. The van der Waals surface area contributed by atoms with Crippen LogP contribution >= 0.6 is 0 Å². The first-order chi connectivity index (χ1) is 16.7. The predicted octanol–water partition coefficient (Wildman–Crippen LogP) is 3.96. The molecule has 2 amide bonds. The van der Waals surface area contributed by atoms with E-state index in [2.05, 4.69) is 30.2 Å². The summed E-state index contributed by atoms with van der Waals surface area (Å²) in [7, 11) is 0. The molecule has 8 nitrogen and oxygen atoms in total. The van der Waals surface area contributed by atoms with Gasteiger partial charge in [0.2, 0.25) is 5.91 Å². The van der Waals surface area contributed by atoms with Gasteiger partial charge in [-0.05, 0) is 68.0 Å². The van der Waals surface area contributed by atoms with E-state index in [1.807, 2.05) is 19.1 Å². The average molecular weight is 476 g/mol. The Hall–Kier alpha value is -3.94. The Labute approximate surface area is 204 Å². The van der Waals surface area contributed by atoms with Crippen LogP contribution in [-0.4, -0.2) is 41.0 Å². The summed E-state index contributed by atoms with van der Waals surface area (Å²) in [6.07, 6.45) is 7.17. The number of anilines is 1. The van der Waals surface area contributed by atoms with Crippen LogP contribution in [0.4, 0.5) is 5.69 Å². The summed E-state index contributed by atoms with van der Waals surface area (Å²) in [6, 6.07) is 6.49. The Morgan fingerprint density at radius 1 is 1.23 bits per heavy atom. The minimum atomic E-state index is -1.05. The topological polar surface area (TPSA) is 109 Å². The zero-order chi connectivity index (χ0) is 25.1. The van der Waals surface area contributed by atoms with Gasteiger partial charge >= 0.3 is 5.97 Å². The highest BCUT2D eigenvalue weighted by molar-refractivity contribution is 6.02. The maximum absolute atomic E-state index is 13.0. The molecule has 2 N–H and O–H groups in total. The number of aliphatic carboxylic acids is 1. The van der Waals surface area contributed by atoms with Crippen molar-refractivity contribution in [3.8, 4) is 5.75 Å². The Morgan fingerprint density at radius 2 is 2.03 bits per heavy atom. The van der Waals surface area contributed by atoms with Gasteiger partial charge in [0, 0.05) is 18.0 Å². The van der Waals surface area contributed by atoms with Crippen LogP contribution in [0.25, 0.3) is 5.57 Å². The molecule has 0 bridgehead atoms. The van der Waals surface area contributed by atoms with Crippen molar-refractivity contribution in [2.45, 2.75) is 46.1 Å². The number of rotatable bonds is 7. The van der Waals surface area contributed by atoms with E-state index in [-0.39, 0.29) is 25.5 Å². The Bertz CT molecular complexity index is 1250. The van der Waals surface area contributed by atoms with Crippen LogP contribution in [0.2, 0.25) is 0 Å². The fourth-order valence-electron chi connectivity index (χ4n) is 4.70. The summed E-state index contributed by atoms with van der Waals surface area (Å²) in [4.78, 5) is 42.9. The first kappa shape index (κ1) is 24.2. The lowest BCUT2D eigenvalue weighted by atomic mass is 9.87. The minimum Gasteiger partial charge on any atom is -0.481 e. The maximum Gasteiger partial charge on any atom is 0.305 e. The van der Waals surface area contributed by atoms with Gasteiger partial charge in [0.15, 0.2) is 6.61 Å². The van der Waals surface area contributed by atoms with Crippen molar-refractivity contribution in [3.05, 3.63) is 70.6 Å². The highest BCUT2D eigenvalue weighted by Gasteiger charge is 2.29. The number of amides is 2. The van der Waals surface area contributed by atoms with Crippen molar-refractivity contribution in [3.63, 3.8) is 0 Å². The van der Waals surface area contributed by atoms with E-state index in [1.54, 1.807) is 24.5 Å². The van der Waals surface area contributed by atoms with E-state index < -0.39 is 17.9 Å². The number of hydrogen-bond acceptors (Lipinski definition) is 5. The fraction of sp³-hybridized carbons (Fsp3) is 0.333. The van der Waals surface area contributed by atoms with Crippen LogP contribution in [-0.2, 0) is 14.4 Å². The molecule has 1 aliphatic carbocycles. The number of pyridine rings is 1. The summed E-state index contributed by atoms with van der Waals surface area (Å²) in [5.74, 6) is -1.28. The molecule has 2 heterocycles. The van der Waals surface area contributed by atoms with E-state index in [1.165, 1.54) is 10.5 Å². The largest absolute Gasteiger partial charge is 0.481 e. The van der Waals surface area contributed by atoms with Crippen LogP contribution in [0.3, 0.4) is 0 Å². The number of ether oxygens (including phenoxy) is 1. The van der Waals surface area contributed by atoms with Crippen LogP contribution < -0.4 is 15.0 Å². The molecule has 35 heavy (non-hydrogen) atoms. The van der Waals surface area contributed by atoms with E-state index in [4.69, 9.17) is 4.74 Å². The predicted molar refractivity (Wildman–Crippen MR) is 132 cm³/mol. The fourth-order valence-corrected chi connectivity index (χ4v) is 4.70. The Kier molecular flexibility index (Phi) is 7.00. The zero-order valence-electron chi connectivity index (χ0n) is 20.1. The lowest BCUT2D eigenvalue weighted by molar-refractivity contribution is -0.138. The number of hydrogen-bond donors (Lipinski definition) is 2. The van der Waals surface area contributed by atoms with Crippen molar-refractivity contribution >= 4 is 29.0 Å². The average Bonchev–Trinajstić information content (AvgIpc) is 2.80. The van der Waals surface area contributed by atoms with Crippen molar-refractivity contribution in [1.82, 2.24) is 10.3 Å². The SMILES string of the molecule is CC1=CCCC(C)=C1c1cncc([C@H](CC(=O)O)NC(=O)CN2C(=O)COc3c(C)cccc32)c1. The maximum atomic E-state index is 13.0. The highest BCUT2D eigenvalue weighted by Crippen LogP contribution is 2.35. The molecule has 2 aromatic rings. The number of carboxylic acid groups (broad SMARTS) is 1. The van der Waals surface area contributed by atoms with Crippen molar-refractivity contribution in [1.29, 1.82) is 0 Å². The molecule has 2 aliphatic rings. The van der Waals surface area contributed by atoms with Gasteiger partial charge < -0.3 is 15.2 Å². The smallest absolute Gasteiger partial charge is 0.305 e. The van der Waals surface area contributed by atoms with Gasteiger partial charge in [-0.25, -0.2) is 0 Å². The van der Waals surface area contributed by atoms with E-state index in [0.29, 0.717) is 17.0 Å². The molecule has 1 aromatic heterocycles. The molecule has 4 rings (SSSR count). The van der Waals surface area contributed by atoms with Crippen molar-refractivity contribution in [2.75, 3.05) is 18.1 Å². The molecular weight excluding hydrogens is 446 g/mol. The van der Waals surface area contributed by atoms with Crippen molar-refractivity contribution in [2.24, 2.45) is 0 Å². The second-order valence-electron chi connectivity index (χ2n) is 9.00. The lowest BCUT2D eigenvalue weighted by Crippen LogP contribution is -2.46. The number of aromatic nitrogens is 1. The third kappa shape index (κ3) is 5.26. The first-order valence-corrected chi connectivity index (χ1v) is 11.6. The van der Waals surface area contributed by atoms with Crippen LogP contribution in [0.15, 0.2) is 53.9 Å². The number of para-hydroxylation sites is 1. The number of nitrogens with one attached hydrogen (secondary N) is 1. The third-order valence-electron chi connectivity index (χ3n) is 6.38. The highest BCUT2D eigenvalue weighted by atomic mass is 16.5. The van der Waals surface area contributed by atoms with Gasteiger partial charge in [-0.3, -0.25) is 24.3 Å². The molecule has 1 aromatic carbocycles. The normalized spacial score (nSPS) is 16.3. The van der Waals surface area contributed by atoms with E-state index in [0.717, 1.165) is 35.1 Å². The minimum absolute atomic E-state index is 0.156. The third-order valence-corrected chi connectivity index (χ3v) is 6.38. The number of fused-ring (bicyclic) bond motifs is 1. The summed E-state index contributed by atoms with van der Waals surface area (Å²) in [5.41, 5.74) is 6.40. The van der Waals surface area contributed by atoms with Gasteiger partial charge in [0.05, 0.1) is 18.2 Å². The number of nitrogens with zero attached hydrogens (tertiary/aromatic N) is 2. The molecule has 1 aliphatic heterocycles. The monoisotopic (exact) mass is 475 g/mol. The quantitative estimate of drug-likeness (QED) is 0.627. The second kappa shape index (κ2) is 10.1. The standard InChI is InChI=1S/C27H29N3O5/c1-16-6-4-7-17(2)26(16)20-10-19(12-28-13-20)21(11-25(33)34)29-23(31)14-30-22-9-5-8-18(3)27(22)35-15-24(30)32/h5-6,8-10,12-13,21H,4,7,11,14-15H2,1-3H3,(H,29,31)(H,33,34)/t21-/m0/s1. The molecule has 0 saturated carbocycles. The number of benzene rings is 1. The molecule has 0 fully saturated rings. The van der Waals surface area contributed by atoms with Gasteiger partial charge in [0.25, 0.3) is 5.91 Å². The van der Waals surface area contributed by atoms with Crippen LogP contribution in [0.1, 0.15) is 55.8 Å². The van der Waals surface area contributed by atoms with E-state index in [9.17, 15) is 19.5 Å². The summed E-state index contributed by atoms with van der Waals surface area (Å²) in [5, 5.41) is 12.3. The number of carbonyl (C=O) groups is 3. The molecule has 0 radical (unpaired) electrons. The number of carbonyl (C=O) groups excluding carboxylic acids is 2. The summed E-state index contributed by atoms with van der Waals surface area (Å²) >= 11 is 0. The molecular formula is C27H29N3O5. The number of carboxylic acids is 1. The van der Waals surface area contributed by atoms with Gasteiger partial charge in [-0.1, -0.05) is 23.8 Å². The van der Waals surface area contributed by atoms with Gasteiger partial charge in [-0.2, -0.15) is 0 Å².